The minimum absolute atomic E-state index is 0.129. The second-order valence-electron chi connectivity index (χ2n) is 5.15. The lowest BCUT2D eigenvalue weighted by atomic mass is 10.1. The van der Waals surface area contributed by atoms with E-state index >= 15 is 0 Å². The number of hydrogen-bond donors (Lipinski definition) is 0. The molecule has 0 aromatic rings. The molecular formula is C12H23F2NO. The van der Waals surface area contributed by atoms with Gasteiger partial charge in [-0.25, -0.2) is 8.78 Å². The molecule has 1 saturated carbocycles. The van der Waals surface area contributed by atoms with E-state index in [0.29, 0.717) is 19.1 Å². The molecule has 1 heterocycles. The maximum atomic E-state index is 12.6. The third kappa shape index (κ3) is 3.14. The zero-order valence-electron chi connectivity index (χ0n) is 10.7. The van der Waals surface area contributed by atoms with Crippen LogP contribution in [-0.2, 0) is 4.74 Å². The predicted molar refractivity (Wildman–Crippen MR) is 60.9 cm³/mol. The zero-order valence-corrected chi connectivity index (χ0v) is 10.7. The summed E-state index contributed by atoms with van der Waals surface area (Å²) in [6.45, 7) is 8.33. The van der Waals surface area contributed by atoms with Crippen molar-refractivity contribution in [3.63, 3.8) is 0 Å². The molecule has 1 spiro atoms. The van der Waals surface area contributed by atoms with Crippen LogP contribution in [0.15, 0.2) is 0 Å². The average molecular weight is 235 g/mol. The molecule has 1 aliphatic heterocycles. The molecule has 1 aliphatic carbocycles. The van der Waals surface area contributed by atoms with Gasteiger partial charge in [-0.05, 0) is 40.8 Å². The van der Waals surface area contributed by atoms with Crippen molar-refractivity contribution in [2.24, 2.45) is 5.41 Å². The molecule has 1 saturated heterocycles. The van der Waals surface area contributed by atoms with Gasteiger partial charge in [-0.15, -0.1) is 0 Å². The molecule has 0 aromatic carbocycles. The van der Waals surface area contributed by atoms with Crippen LogP contribution in [0.3, 0.4) is 0 Å². The van der Waals surface area contributed by atoms with E-state index < -0.39 is 11.3 Å². The predicted octanol–water partition coefficient (Wildman–Crippen LogP) is 2.78. The molecule has 2 fully saturated rings. The lowest BCUT2D eigenvalue weighted by Crippen LogP contribution is -2.17. The molecule has 0 bridgehead atoms. The van der Waals surface area contributed by atoms with Crippen LogP contribution < -0.4 is 0 Å². The Labute approximate surface area is 97.0 Å². The maximum Gasteiger partial charge on any atom is 0.255 e. The monoisotopic (exact) mass is 235 g/mol. The normalized spacial score (nSPS) is 31.7. The Morgan fingerprint density at radius 2 is 1.94 bits per heavy atom. The summed E-state index contributed by atoms with van der Waals surface area (Å²) in [6, 6.07) is 0. The van der Waals surface area contributed by atoms with Crippen molar-refractivity contribution in [3.05, 3.63) is 0 Å². The number of nitrogens with zero attached hydrogens (tertiary/aromatic N) is 1. The molecule has 2 aliphatic rings. The second-order valence-corrected chi connectivity index (χ2v) is 5.15. The first-order valence-corrected chi connectivity index (χ1v) is 6.01. The summed E-state index contributed by atoms with van der Waals surface area (Å²) < 4.78 is 30.3. The van der Waals surface area contributed by atoms with Gasteiger partial charge in [0.15, 0.2) is 0 Å². The fraction of sp³-hybridized carbons (Fsp3) is 1.00. The molecule has 1 atom stereocenters. The second kappa shape index (κ2) is 4.96. The summed E-state index contributed by atoms with van der Waals surface area (Å²) in [5.41, 5.74) is -0.595. The molecule has 1 unspecified atom stereocenters. The van der Waals surface area contributed by atoms with Crippen LogP contribution in [0.4, 0.5) is 8.78 Å². The Balaban J connectivity index is 0.000000187. The summed E-state index contributed by atoms with van der Waals surface area (Å²) in [5.74, 6) is -2.34. The van der Waals surface area contributed by atoms with Crippen molar-refractivity contribution >= 4 is 0 Å². The average Bonchev–Trinajstić information content (AvgIpc) is 2.50. The van der Waals surface area contributed by atoms with E-state index in [1.54, 1.807) is 0 Å². The molecule has 4 heteroatoms. The van der Waals surface area contributed by atoms with Crippen LogP contribution in [0, 0.1) is 5.41 Å². The Bertz CT molecular complexity index is 233. The highest BCUT2D eigenvalue weighted by molar-refractivity contribution is 5.13. The van der Waals surface area contributed by atoms with Gasteiger partial charge in [0, 0.05) is 19.6 Å². The van der Waals surface area contributed by atoms with Crippen molar-refractivity contribution in [3.8, 4) is 0 Å². The summed E-state index contributed by atoms with van der Waals surface area (Å²) in [7, 11) is 1.91. The van der Waals surface area contributed by atoms with Crippen LogP contribution in [0.1, 0.15) is 33.6 Å². The molecule has 2 nitrogen and oxygen atoms in total. The van der Waals surface area contributed by atoms with Crippen LogP contribution in [0.5, 0.6) is 0 Å². The Morgan fingerprint density at radius 3 is 2.06 bits per heavy atom. The van der Waals surface area contributed by atoms with Gasteiger partial charge in [0.25, 0.3) is 5.92 Å². The highest BCUT2D eigenvalue weighted by Gasteiger charge is 2.72. The molecule has 0 aromatic heterocycles. The van der Waals surface area contributed by atoms with Crippen molar-refractivity contribution in [1.29, 1.82) is 0 Å². The summed E-state index contributed by atoms with van der Waals surface area (Å²) >= 11 is 0. The van der Waals surface area contributed by atoms with Crippen LogP contribution in [0.25, 0.3) is 0 Å². The van der Waals surface area contributed by atoms with Crippen molar-refractivity contribution < 1.29 is 13.5 Å². The van der Waals surface area contributed by atoms with Gasteiger partial charge in [-0.1, -0.05) is 0 Å². The summed E-state index contributed by atoms with van der Waals surface area (Å²) in [4.78, 5) is 1.99. The van der Waals surface area contributed by atoms with Gasteiger partial charge in [0.05, 0.1) is 11.5 Å². The van der Waals surface area contributed by atoms with E-state index in [-0.39, 0.29) is 6.42 Å². The van der Waals surface area contributed by atoms with E-state index in [0.717, 1.165) is 13.2 Å². The summed E-state index contributed by atoms with van der Waals surface area (Å²) in [5, 5.41) is 0. The number of alkyl halides is 2. The number of rotatable bonds is 2. The van der Waals surface area contributed by atoms with Crippen molar-refractivity contribution in [2.75, 3.05) is 26.7 Å². The number of hydrogen-bond acceptors (Lipinski definition) is 2. The summed E-state index contributed by atoms with van der Waals surface area (Å²) in [6.07, 6.45) is 1.22. The molecular weight excluding hydrogens is 212 g/mol. The first-order chi connectivity index (χ1) is 7.33. The van der Waals surface area contributed by atoms with Crippen molar-refractivity contribution in [1.82, 2.24) is 4.90 Å². The molecule has 0 amide bonds. The first-order valence-electron chi connectivity index (χ1n) is 6.01. The highest BCUT2D eigenvalue weighted by Crippen LogP contribution is 2.64. The van der Waals surface area contributed by atoms with Crippen LogP contribution in [-0.4, -0.2) is 43.7 Å². The molecule has 0 N–H and O–H groups in total. The standard InChI is InChI=1S/C7H11F2N.C5H12O/c1-10-3-2-6(5-10)4-7(6,8)9;1-4-6-5(2)3/h2-5H2,1H3;5H,4H2,1-3H3. The third-order valence-electron chi connectivity index (χ3n) is 3.26. The van der Waals surface area contributed by atoms with E-state index in [1.807, 2.05) is 32.7 Å². The number of likely N-dealkylation sites (tertiary alicyclic amines) is 1. The van der Waals surface area contributed by atoms with Gasteiger partial charge >= 0.3 is 0 Å². The number of halogens is 2. The zero-order chi connectivity index (χ0) is 12.4. The maximum absolute atomic E-state index is 12.6. The van der Waals surface area contributed by atoms with E-state index in [4.69, 9.17) is 4.74 Å². The number of ether oxygens (including phenoxy) is 1. The van der Waals surface area contributed by atoms with E-state index in [1.165, 1.54) is 0 Å². The quantitative estimate of drug-likeness (QED) is 0.729. The minimum Gasteiger partial charge on any atom is -0.379 e. The Hall–Kier alpha value is -0.220. The van der Waals surface area contributed by atoms with Gasteiger partial charge in [0.1, 0.15) is 0 Å². The smallest absolute Gasteiger partial charge is 0.255 e. The topological polar surface area (TPSA) is 12.5 Å². The van der Waals surface area contributed by atoms with Gasteiger partial charge in [-0.3, -0.25) is 0 Å². The third-order valence-corrected chi connectivity index (χ3v) is 3.26. The van der Waals surface area contributed by atoms with Crippen molar-refractivity contribution in [2.45, 2.75) is 45.6 Å². The van der Waals surface area contributed by atoms with Gasteiger partial charge < -0.3 is 9.64 Å². The lowest BCUT2D eigenvalue weighted by Gasteiger charge is -2.07. The SMILES string of the molecule is CCOC(C)C.CN1CCC2(C1)CC2(F)F. The molecule has 16 heavy (non-hydrogen) atoms. The molecule has 0 radical (unpaired) electrons. The first kappa shape index (κ1) is 13.8. The van der Waals surface area contributed by atoms with E-state index in [9.17, 15) is 8.78 Å². The van der Waals surface area contributed by atoms with Crippen LogP contribution >= 0.6 is 0 Å². The Morgan fingerprint density at radius 1 is 1.38 bits per heavy atom. The fourth-order valence-corrected chi connectivity index (χ4v) is 2.24. The Kier molecular flexibility index (Phi) is 4.29. The van der Waals surface area contributed by atoms with Gasteiger partial charge in [-0.2, -0.15) is 0 Å². The lowest BCUT2D eigenvalue weighted by molar-refractivity contribution is 0.0673. The van der Waals surface area contributed by atoms with Gasteiger partial charge in [0.2, 0.25) is 0 Å². The fourth-order valence-electron chi connectivity index (χ4n) is 2.24. The largest absolute Gasteiger partial charge is 0.379 e. The molecule has 2 rings (SSSR count). The molecule has 96 valence electrons. The van der Waals surface area contributed by atoms with E-state index in [2.05, 4.69) is 0 Å². The highest BCUT2D eigenvalue weighted by atomic mass is 19.3. The van der Waals surface area contributed by atoms with Crippen LogP contribution in [0.2, 0.25) is 0 Å². The minimum atomic E-state index is -2.34.